The molecule has 0 heterocycles. The average molecular weight is 272 g/mol. The molecule has 106 valence electrons. The summed E-state index contributed by atoms with van der Waals surface area (Å²) in [5.41, 5.74) is 9.85. The van der Waals surface area contributed by atoms with E-state index in [2.05, 4.69) is 5.32 Å². The summed E-state index contributed by atoms with van der Waals surface area (Å²) >= 11 is 0. The maximum atomic E-state index is 5.96. The minimum absolute atomic E-state index is 0.640. The first-order valence-corrected chi connectivity index (χ1v) is 6.45. The van der Waals surface area contributed by atoms with Crippen molar-refractivity contribution in [2.24, 2.45) is 0 Å². The van der Waals surface area contributed by atoms with Gasteiger partial charge in [-0.3, -0.25) is 0 Å². The maximum Gasteiger partial charge on any atom is 0.127 e. The molecule has 0 bridgehead atoms. The van der Waals surface area contributed by atoms with Crippen molar-refractivity contribution >= 4 is 11.4 Å². The Morgan fingerprint density at radius 1 is 1.05 bits per heavy atom. The van der Waals surface area contributed by atoms with Crippen LogP contribution in [-0.4, -0.2) is 14.2 Å². The van der Waals surface area contributed by atoms with Crippen LogP contribution in [0.5, 0.6) is 11.5 Å². The molecule has 0 fully saturated rings. The Morgan fingerprint density at radius 2 is 1.85 bits per heavy atom. The molecule has 0 aliphatic rings. The number of hydrogen-bond acceptors (Lipinski definition) is 4. The maximum absolute atomic E-state index is 5.96. The Labute approximate surface area is 119 Å². The molecule has 0 radical (unpaired) electrons. The van der Waals surface area contributed by atoms with Gasteiger partial charge in [0.25, 0.3) is 0 Å². The van der Waals surface area contributed by atoms with Gasteiger partial charge in [0.2, 0.25) is 0 Å². The number of rotatable bonds is 5. The van der Waals surface area contributed by atoms with E-state index in [1.54, 1.807) is 14.2 Å². The fraction of sp³-hybridized carbons (Fsp3) is 0.250. The molecule has 3 N–H and O–H groups in total. The van der Waals surface area contributed by atoms with Crippen molar-refractivity contribution < 1.29 is 9.47 Å². The van der Waals surface area contributed by atoms with Gasteiger partial charge < -0.3 is 20.5 Å². The Balaban J connectivity index is 2.16. The molecule has 0 amide bonds. The first-order chi connectivity index (χ1) is 9.63. The largest absolute Gasteiger partial charge is 0.497 e. The average Bonchev–Trinajstić information content (AvgIpc) is 2.48. The van der Waals surface area contributed by atoms with Crippen LogP contribution in [0.3, 0.4) is 0 Å². The van der Waals surface area contributed by atoms with E-state index < -0.39 is 0 Å². The number of anilines is 2. The van der Waals surface area contributed by atoms with Crippen molar-refractivity contribution in [1.82, 2.24) is 0 Å². The zero-order valence-electron chi connectivity index (χ0n) is 12.1. The predicted molar refractivity (Wildman–Crippen MR) is 82.5 cm³/mol. The molecule has 2 aromatic carbocycles. The van der Waals surface area contributed by atoms with Crippen molar-refractivity contribution in [2.75, 3.05) is 25.3 Å². The van der Waals surface area contributed by atoms with Gasteiger partial charge in [-0.2, -0.15) is 0 Å². The summed E-state index contributed by atoms with van der Waals surface area (Å²) in [6.45, 7) is 2.68. The Kier molecular flexibility index (Phi) is 4.35. The van der Waals surface area contributed by atoms with Crippen LogP contribution in [0, 0.1) is 6.92 Å². The quantitative estimate of drug-likeness (QED) is 0.821. The van der Waals surface area contributed by atoms with Crippen LogP contribution in [0.4, 0.5) is 11.4 Å². The van der Waals surface area contributed by atoms with Crippen LogP contribution in [0.1, 0.15) is 11.1 Å². The van der Waals surface area contributed by atoms with E-state index in [1.165, 1.54) is 5.56 Å². The molecule has 0 saturated carbocycles. The van der Waals surface area contributed by atoms with Gasteiger partial charge in [-0.25, -0.2) is 0 Å². The second-order valence-electron chi connectivity index (χ2n) is 4.62. The first-order valence-electron chi connectivity index (χ1n) is 6.45. The summed E-state index contributed by atoms with van der Waals surface area (Å²) in [6, 6.07) is 11.7. The number of aryl methyl sites for hydroxylation is 1. The zero-order chi connectivity index (χ0) is 14.5. The van der Waals surface area contributed by atoms with Gasteiger partial charge in [-0.15, -0.1) is 0 Å². The summed E-state index contributed by atoms with van der Waals surface area (Å²) in [5.74, 6) is 1.57. The molecule has 0 aliphatic heterocycles. The van der Waals surface area contributed by atoms with E-state index >= 15 is 0 Å². The topological polar surface area (TPSA) is 56.5 Å². The lowest BCUT2D eigenvalue weighted by Gasteiger charge is -2.13. The number of methoxy groups -OCH3 is 2. The molecule has 4 heteroatoms. The molecule has 20 heavy (non-hydrogen) atoms. The van der Waals surface area contributed by atoms with Crippen LogP contribution in [0.15, 0.2) is 36.4 Å². The van der Waals surface area contributed by atoms with Gasteiger partial charge in [0, 0.05) is 18.2 Å². The fourth-order valence-corrected chi connectivity index (χ4v) is 2.01. The Morgan fingerprint density at radius 3 is 2.55 bits per heavy atom. The normalized spacial score (nSPS) is 10.2. The van der Waals surface area contributed by atoms with Crippen molar-refractivity contribution in [1.29, 1.82) is 0 Å². The molecule has 0 saturated heterocycles. The van der Waals surface area contributed by atoms with Gasteiger partial charge in [0.05, 0.1) is 25.6 Å². The van der Waals surface area contributed by atoms with E-state index in [0.29, 0.717) is 6.54 Å². The lowest BCUT2D eigenvalue weighted by molar-refractivity contribution is 0.391. The summed E-state index contributed by atoms with van der Waals surface area (Å²) in [5, 5.41) is 3.34. The highest BCUT2D eigenvalue weighted by atomic mass is 16.5. The van der Waals surface area contributed by atoms with Crippen molar-refractivity contribution in [3.63, 3.8) is 0 Å². The summed E-state index contributed by atoms with van der Waals surface area (Å²) < 4.78 is 10.6. The van der Waals surface area contributed by atoms with Crippen molar-refractivity contribution in [3.8, 4) is 11.5 Å². The van der Waals surface area contributed by atoms with E-state index in [4.69, 9.17) is 15.2 Å². The second-order valence-corrected chi connectivity index (χ2v) is 4.62. The molecule has 4 nitrogen and oxygen atoms in total. The summed E-state index contributed by atoms with van der Waals surface area (Å²) in [7, 11) is 3.29. The molecule has 0 aromatic heterocycles. The Bertz CT molecular complexity index is 597. The van der Waals surface area contributed by atoms with Crippen LogP contribution in [-0.2, 0) is 6.54 Å². The number of benzene rings is 2. The highest BCUT2D eigenvalue weighted by Crippen LogP contribution is 2.26. The number of nitrogens with two attached hydrogens (primary N) is 1. The van der Waals surface area contributed by atoms with E-state index in [1.807, 2.05) is 43.3 Å². The smallest absolute Gasteiger partial charge is 0.127 e. The van der Waals surface area contributed by atoms with E-state index in [0.717, 1.165) is 28.4 Å². The zero-order valence-corrected chi connectivity index (χ0v) is 12.1. The number of ether oxygens (including phenoxy) is 2. The molecular weight excluding hydrogens is 252 g/mol. The van der Waals surface area contributed by atoms with Gasteiger partial charge in [-0.1, -0.05) is 6.07 Å². The summed E-state index contributed by atoms with van der Waals surface area (Å²) in [4.78, 5) is 0. The highest BCUT2D eigenvalue weighted by molar-refractivity contribution is 5.67. The molecule has 0 spiro atoms. The molecule has 2 rings (SSSR count). The molecule has 2 aromatic rings. The van der Waals surface area contributed by atoms with Crippen LogP contribution >= 0.6 is 0 Å². The van der Waals surface area contributed by atoms with Crippen LogP contribution in [0.2, 0.25) is 0 Å². The lowest BCUT2D eigenvalue weighted by atomic mass is 10.1. The van der Waals surface area contributed by atoms with Gasteiger partial charge in [-0.05, 0) is 36.8 Å². The van der Waals surface area contributed by atoms with Crippen molar-refractivity contribution in [3.05, 3.63) is 47.5 Å². The van der Waals surface area contributed by atoms with Gasteiger partial charge in [0.15, 0.2) is 0 Å². The van der Waals surface area contributed by atoms with Crippen LogP contribution < -0.4 is 20.5 Å². The minimum Gasteiger partial charge on any atom is -0.497 e. The van der Waals surface area contributed by atoms with E-state index in [-0.39, 0.29) is 0 Å². The van der Waals surface area contributed by atoms with Crippen molar-refractivity contribution in [2.45, 2.75) is 13.5 Å². The van der Waals surface area contributed by atoms with E-state index in [9.17, 15) is 0 Å². The molecule has 0 unspecified atom stereocenters. The first kappa shape index (κ1) is 14.1. The second kappa shape index (κ2) is 6.19. The predicted octanol–water partition coefficient (Wildman–Crippen LogP) is 3.21. The summed E-state index contributed by atoms with van der Waals surface area (Å²) in [6.07, 6.45) is 0. The van der Waals surface area contributed by atoms with Gasteiger partial charge in [0.1, 0.15) is 11.5 Å². The number of nitrogens with one attached hydrogen (secondary N) is 1. The SMILES string of the molecule is COc1ccc(CNc2cc(C)ccc2N)c(OC)c1. The fourth-order valence-electron chi connectivity index (χ4n) is 2.01. The van der Waals surface area contributed by atoms with Gasteiger partial charge >= 0.3 is 0 Å². The molecular formula is C16H20N2O2. The lowest BCUT2D eigenvalue weighted by Crippen LogP contribution is -2.04. The monoisotopic (exact) mass is 272 g/mol. The number of nitrogen functional groups attached to an aromatic ring is 1. The molecule has 0 atom stereocenters. The molecule has 0 aliphatic carbocycles. The van der Waals surface area contributed by atoms with Crippen LogP contribution in [0.25, 0.3) is 0 Å². The standard InChI is InChI=1S/C16H20N2O2/c1-11-4-7-14(17)15(8-11)18-10-12-5-6-13(19-2)9-16(12)20-3/h4-9,18H,10,17H2,1-3H3. The Hall–Kier alpha value is -2.36. The third-order valence-electron chi connectivity index (χ3n) is 3.17. The number of hydrogen-bond donors (Lipinski definition) is 2. The minimum atomic E-state index is 0.640. The third kappa shape index (κ3) is 3.15. The third-order valence-corrected chi connectivity index (χ3v) is 3.17. The highest BCUT2D eigenvalue weighted by Gasteiger charge is 2.06.